The summed E-state index contributed by atoms with van der Waals surface area (Å²) in [5, 5.41) is 1.09. The Bertz CT molecular complexity index is 1240. The molecule has 2 aromatic carbocycles. The number of halogens is 4. The lowest BCUT2D eigenvalue weighted by atomic mass is 10.1. The Labute approximate surface area is 205 Å². The normalized spacial score (nSPS) is 19.5. The Balaban J connectivity index is 1.29. The third kappa shape index (κ3) is 4.85. The van der Waals surface area contributed by atoms with Gasteiger partial charge in [-0.3, -0.25) is 9.69 Å². The van der Waals surface area contributed by atoms with Crippen LogP contribution < -0.4 is 10.6 Å². The number of nitrogens with two attached hydrogens (primary N) is 1. The number of benzene rings is 2. The van der Waals surface area contributed by atoms with Crippen LogP contribution in [0.4, 0.5) is 24.7 Å². The molecule has 2 saturated heterocycles. The minimum Gasteiger partial charge on any atom is -0.399 e. The SMILES string of the molecule is Nc1ccc2nc(C(F)(F)F)nc(N3CC[C@@H](N4CCN(C(=O)c5ccc(Cl)cc5)CC4)C3)c2c1. The number of carbonyl (C=O) groups is 1. The predicted molar refractivity (Wildman–Crippen MR) is 128 cm³/mol. The number of hydrogen-bond donors (Lipinski definition) is 1. The lowest BCUT2D eigenvalue weighted by Gasteiger charge is -2.38. The van der Waals surface area contributed by atoms with E-state index in [2.05, 4.69) is 14.9 Å². The number of aromatic nitrogens is 2. The molecule has 184 valence electrons. The van der Waals surface area contributed by atoms with E-state index in [9.17, 15) is 18.0 Å². The second-order valence-corrected chi connectivity index (χ2v) is 9.31. The molecule has 7 nitrogen and oxygen atoms in total. The van der Waals surface area contributed by atoms with Gasteiger partial charge in [-0.25, -0.2) is 9.97 Å². The highest BCUT2D eigenvalue weighted by molar-refractivity contribution is 6.30. The Kier molecular flexibility index (Phi) is 6.18. The highest BCUT2D eigenvalue weighted by atomic mass is 35.5. The Morgan fingerprint density at radius 2 is 1.71 bits per heavy atom. The number of alkyl halides is 3. The average Bonchev–Trinajstić information content (AvgIpc) is 3.33. The maximum atomic E-state index is 13.5. The summed E-state index contributed by atoms with van der Waals surface area (Å²) in [6, 6.07) is 11.7. The van der Waals surface area contributed by atoms with Crippen molar-refractivity contribution in [3.05, 3.63) is 58.9 Å². The summed E-state index contributed by atoms with van der Waals surface area (Å²) in [7, 11) is 0. The summed E-state index contributed by atoms with van der Waals surface area (Å²) in [6.45, 7) is 3.69. The fourth-order valence-electron chi connectivity index (χ4n) is 4.80. The molecular weight excluding hydrogens is 481 g/mol. The van der Waals surface area contributed by atoms with Gasteiger partial charge in [0.15, 0.2) is 0 Å². The zero-order valence-electron chi connectivity index (χ0n) is 18.8. The molecule has 0 spiro atoms. The third-order valence-corrected chi connectivity index (χ3v) is 6.88. The van der Waals surface area contributed by atoms with Crippen molar-refractivity contribution in [2.75, 3.05) is 49.9 Å². The summed E-state index contributed by atoms with van der Waals surface area (Å²) in [6.07, 6.45) is -3.85. The standard InChI is InChI=1S/C24H24ClF3N6O/c25-16-3-1-15(2-4-16)22(35)33-11-9-32(10-12-33)18-7-8-34(14-18)21-19-13-17(29)5-6-20(19)30-23(31-21)24(26,27)28/h1-6,13,18H,7-12,14,29H2/t18-/m1/s1. The van der Waals surface area contributed by atoms with Crippen molar-refractivity contribution in [2.45, 2.75) is 18.6 Å². The number of carbonyl (C=O) groups excluding carboxylic acids is 1. The quantitative estimate of drug-likeness (QED) is 0.545. The van der Waals surface area contributed by atoms with Gasteiger partial charge in [0, 0.05) is 67.0 Å². The lowest BCUT2D eigenvalue weighted by molar-refractivity contribution is -0.144. The molecule has 1 atom stereocenters. The number of fused-ring (bicyclic) bond motifs is 1. The Hall–Kier alpha value is -3.11. The first-order valence-electron chi connectivity index (χ1n) is 11.4. The second-order valence-electron chi connectivity index (χ2n) is 8.87. The zero-order valence-corrected chi connectivity index (χ0v) is 19.6. The number of rotatable bonds is 3. The van der Waals surface area contributed by atoms with Crippen molar-refractivity contribution in [3.63, 3.8) is 0 Å². The molecule has 0 radical (unpaired) electrons. The van der Waals surface area contributed by atoms with Gasteiger partial charge in [0.25, 0.3) is 5.91 Å². The van der Waals surface area contributed by atoms with E-state index in [-0.39, 0.29) is 23.3 Å². The number of hydrogen-bond acceptors (Lipinski definition) is 6. The number of nitrogen functional groups attached to an aromatic ring is 1. The molecule has 1 amide bonds. The van der Waals surface area contributed by atoms with Crippen LogP contribution >= 0.6 is 11.6 Å². The summed E-state index contributed by atoms with van der Waals surface area (Å²) in [5.41, 5.74) is 7.17. The number of anilines is 2. The predicted octanol–water partition coefficient (Wildman–Crippen LogP) is 3.92. The van der Waals surface area contributed by atoms with Crippen molar-refractivity contribution in [2.24, 2.45) is 0 Å². The minimum atomic E-state index is -4.64. The van der Waals surface area contributed by atoms with Crippen LogP contribution in [-0.2, 0) is 6.18 Å². The lowest BCUT2D eigenvalue weighted by Crippen LogP contribution is -2.52. The second kappa shape index (κ2) is 9.16. The molecule has 2 N–H and O–H groups in total. The van der Waals surface area contributed by atoms with E-state index in [1.54, 1.807) is 30.3 Å². The van der Waals surface area contributed by atoms with Crippen LogP contribution in [0.15, 0.2) is 42.5 Å². The molecule has 2 fully saturated rings. The molecule has 0 saturated carbocycles. The van der Waals surface area contributed by atoms with Gasteiger partial charge in [-0.1, -0.05) is 11.6 Å². The topological polar surface area (TPSA) is 78.6 Å². The maximum Gasteiger partial charge on any atom is 0.451 e. The molecule has 3 heterocycles. The molecular formula is C24H24ClF3N6O. The van der Waals surface area contributed by atoms with E-state index >= 15 is 0 Å². The highest BCUT2D eigenvalue weighted by Gasteiger charge is 2.38. The fourth-order valence-corrected chi connectivity index (χ4v) is 4.92. The van der Waals surface area contributed by atoms with Gasteiger partial charge in [0.2, 0.25) is 5.82 Å². The van der Waals surface area contributed by atoms with Gasteiger partial charge in [0.05, 0.1) is 5.52 Å². The van der Waals surface area contributed by atoms with Gasteiger partial charge in [-0.05, 0) is 48.9 Å². The first kappa shape index (κ1) is 23.6. The first-order chi connectivity index (χ1) is 16.7. The Morgan fingerprint density at radius 3 is 2.40 bits per heavy atom. The number of nitrogens with zero attached hydrogens (tertiary/aromatic N) is 5. The van der Waals surface area contributed by atoms with E-state index in [4.69, 9.17) is 17.3 Å². The monoisotopic (exact) mass is 504 g/mol. The average molecular weight is 505 g/mol. The van der Waals surface area contributed by atoms with Crippen LogP contribution in [0.2, 0.25) is 5.02 Å². The molecule has 0 unspecified atom stereocenters. The molecule has 2 aliphatic rings. The van der Waals surface area contributed by atoms with Crippen LogP contribution in [0.1, 0.15) is 22.6 Å². The van der Waals surface area contributed by atoms with Crippen LogP contribution in [0.5, 0.6) is 0 Å². The van der Waals surface area contributed by atoms with Crippen LogP contribution in [0.25, 0.3) is 10.9 Å². The molecule has 0 aliphatic carbocycles. The van der Waals surface area contributed by atoms with E-state index in [1.165, 1.54) is 12.1 Å². The van der Waals surface area contributed by atoms with Crippen LogP contribution in [0, 0.1) is 0 Å². The Morgan fingerprint density at radius 1 is 1.00 bits per heavy atom. The minimum absolute atomic E-state index is 0.0286. The van der Waals surface area contributed by atoms with Crippen molar-refractivity contribution < 1.29 is 18.0 Å². The van der Waals surface area contributed by atoms with Crippen molar-refractivity contribution in [1.82, 2.24) is 19.8 Å². The van der Waals surface area contributed by atoms with E-state index in [0.29, 0.717) is 60.9 Å². The number of piperazine rings is 1. The molecule has 5 rings (SSSR count). The zero-order chi connectivity index (χ0) is 24.7. The molecule has 11 heteroatoms. The molecule has 1 aromatic heterocycles. The molecule has 0 bridgehead atoms. The van der Waals surface area contributed by atoms with Crippen molar-refractivity contribution in [1.29, 1.82) is 0 Å². The summed E-state index contributed by atoms with van der Waals surface area (Å²) >= 11 is 5.92. The van der Waals surface area contributed by atoms with Crippen molar-refractivity contribution >= 4 is 39.9 Å². The van der Waals surface area contributed by atoms with Crippen molar-refractivity contribution in [3.8, 4) is 0 Å². The van der Waals surface area contributed by atoms with E-state index in [0.717, 1.165) is 6.42 Å². The summed E-state index contributed by atoms with van der Waals surface area (Å²) in [5.74, 6) is -0.921. The van der Waals surface area contributed by atoms with Gasteiger partial charge < -0.3 is 15.5 Å². The van der Waals surface area contributed by atoms with Gasteiger partial charge in [-0.15, -0.1) is 0 Å². The maximum absolute atomic E-state index is 13.5. The highest BCUT2D eigenvalue weighted by Crippen LogP contribution is 2.34. The smallest absolute Gasteiger partial charge is 0.399 e. The van der Waals surface area contributed by atoms with Gasteiger partial charge in [-0.2, -0.15) is 13.2 Å². The van der Waals surface area contributed by atoms with Gasteiger partial charge >= 0.3 is 6.18 Å². The third-order valence-electron chi connectivity index (χ3n) is 6.63. The van der Waals surface area contributed by atoms with Crippen LogP contribution in [0.3, 0.4) is 0 Å². The summed E-state index contributed by atoms with van der Waals surface area (Å²) < 4.78 is 40.4. The van der Waals surface area contributed by atoms with E-state index < -0.39 is 12.0 Å². The first-order valence-corrected chi connectivity index (χ1v) is 11.7. The van der Waals surface area contributed by atoms with E-state index in [1.807, 2.05) is 9.80 Å². The number of amides is 1. The largest absolute Gasteiger partial charge is 0.451 e. The molecule has 2 aliphatic heterocycles. The molecule has 35 heavy (non-hydrogen) atoms. The van der Waals surface area contributed by atoms with Crippen LogP contribution in [-0.4, -0.2) is 71.0 Å². The fraction of sp³-hybridized carbons (Fsp3) is 0.375. The van der Waals surface area contributed by atoms with Gasteiger partial charge in [0.1, 0.15) is 5.82 Å². The molecule has 3 aromatic rings. The summed E-state index contributed by atoms with van der Waals surface area (Å²) in [4.78, 5) is 26.4.